The first kappa shape index (κ1) is 29.6. The number of carbonyl (C=O) groups is 2. The molecule has 6 atom stereocenters. The number of epoxide rings is 2. The van der Waals surface area contributed by atoms with Gasteiger partial charge in [0.05, 0.1) is 25.2 Å². The van der Waals surface area contributed by atoms with Gasteiger partial charge in [-0.25, -0.2) is 4.79 Å². The molecule has 0 bridgehead atoms. The number of alkyl carbamates (subject to hydrolysis) is 1. The number of hydrogen-bond acceptors (Lipinski definition) is 7. The van der Waals surface area contributed by atoms with Crippen LogP contribution in [0.25, 0.3) is 0 Å². The van der Waals surface area contributed by atoms with Crippen LogP contribution in [0.2, 0.25) is 0 Å². The van der Waals surface area contributed by atoms with Crippen LogP contribution in [0.3, 0.4) is 0 Å². The molecule has 3 rings (SSSR count). The average molecular weight is 622 g/mol. The lowest BCUT2D eigenvalue weighted by atomic mass is 9.68. The first-order valence-corrected chi connectivity index (χ1v) is 14.4. The maximum absolute atomic E-state index is 12.6. The van der Waals surface area contributed by atoms with E-state index < -0.39 is 6.09 Å². The van der Waals surface area contributed by atoms with E-state index in [9.17, 15) is 9.59 Å². The van der Waals surface area contributed by atoms with Gasteiger partial charge in [0.1, 0.15) is 23.4 Å². The largest absolute Gasteiger partial charge is 0.443 e. The molecule has 2 saturated heterocycles. The molecular weight excluding hydrogens is 577 g/mol. The molecule has 2 amide bonds. The highest BCUT2D eigenvalue weighted by atomic mass is 127. The van der Waals surface area contributed by atoms with E-state index in [-0.39, 0.29) is 41.3 Å². The van der Waals surface area contributed by atoms with E-state index >= 15 is 0 Å². The van der Waals surface area contributed by atoms with Gasteiger partial charge < -0.3 is 29.6 Å². The Hall–Kier alpha value is -0.950. The number of halogens is 1. The zero-order chi connectivity index (χ0) is 26.2. The number of carbonyl (C=O) groups excluding carboxylic acids is 2. The van der Waals surface area contributed by atoms with E-state index in [4.69, 9.17) is 18.9 Å². The molecule has 3 N–H and O–H groups in total. The maximum Gasteiger partial charge on any atom is 0.407 e. The van der Waals surface area contributed by atoms with Crippen LogP contribution in [0.5, 0.6) is 0 Å². The molecule has 3 unspecified atom stereocenters. The third-order valence-electron chi connectivity index (χ3n) is 7.66. The second kappa shape index (κ2) is 13.7. The van der Waals surface area contributed by atoms with E-state index in [1.165, 1.54) is 5.57 Å². The molecule has 0 aromatic heterocycles. The lowest BCUT2D eigenvalue weighted by Gasteiger charge is -2.42. The second-order valence-corrected chi connectivity index (χ2v) is 11.4. The van der Waals surface area contributed by atoms with E-state index in [2.05, 4.69) is 41.0 Å². The molecule has 10 heteroatoms. The van der Waals surface area contributed by atoms with Crippen molar-refractivity contribution in [1.29, 1.82) is 0 Å². The fourth-order valence-electron chi connectivity index (χ4n) is 5.64. The quantitative estimate of drug-likeness (QED) is 0.0839. The van der Waals surface area contributed by atoms with Crippen molar-refractivity contribution >= 4 is 34.9 Å². The lowest BCUT2D eigenvalue weighted by molar-refractivity contribution is -0.119. The van der Waals surface area contributed by atoms with Crippen LogP contribution >= 0.6 is 22.9 Å². The summed E-state index contributed by atoms with van der Waals surface area (Å²) in [5.74, 6) is 0.0418. The molecule has 1 spiro atoms. The topological polar surface area (TPSA) is 114 Å². The van der Waals surface area contributed by atoms with Gasteiger partial charge in [-0.15, -0.1) is 0 Å². The van der Waals surface area contributed by atoms with Crippen molar-refractivity contribution in [3.8, 4) is 0 Å². The maximum atomic E-state index is 12.6. The molecule has 0 radical (unpaired) electrons. The van der Waals surface area contributed by atoms with Gasteiger partial charge in [-0.3, -0.25) is 8.32 Å². The molecule has 206 valence electrons. The summed E-state index contributed by atoms with van der Waals surface area (Å²) >= 11 is 1.95. The Kier molecular flexibility index (Phi) is 11.3. The third kappa shape index (κ3) is 8.02. The number of hydrogen-bond donors (Lipinski definition) is 3. The van der Waals surface area contributed by atoms with Gasteiger partial charge in [-0.2, -0.15) is 0 Å². The highest BCUT2D eigenvalue weighted by Gasteiger charge is 2.72. The molecular formula is C26H44IN3O6. The zero-order valence-corrected chi connectivity index (χ0v) is 24.4. The van der Waals surface area contributed by atoms with Crippen LogP contribution in [0.1, 0.15) is 72.1 Å². The highest BCUT2D eigenvalue weighted by Crippen LogP contribution is 2.59. The summed E-state index contributed by atoms with van der Waals surface area (Å²) in [5, 5.41) is 5.75. The van der Waals surface area contributed by atoms with Crippen LogP contribution in [0.4, 0.5) is 4.79 Å². The van der Waals surface area contributed by atoms with Crippen molar-refractivity contribution in [3.05, 3.63) is 11.6 Å². The van der Waals surface area contributed by atoms with Gasteiger partial charge in [0.25, 0.3) is 0 Å². The minimum Gasteiger partial charge on any atom is -0.443 e. The van der Waals surface area contributed by atoms with Crippen molar-refractivity contribution in [3.63, 3.8) is 0 Å². The smallest absolute Gasteiger partial charge is 0.407 e. The standard InChI is InChI=1S/C26H44IN3O6/c1-18(2)10-9-11-20-25(3,36-20)23-22(33-4)19(12-13-26(23)17-34-26)35-24(32)29-15-8-6-5-7-14-28-21(31)16-30-27/h10,19-20,22-23,30H,5-9,11-17H2,1-4H3,(H,28,31)(H,29,32)/t19?,20-,22?,23?,25+,26+/m1/s1. The van der Waals surface area contributed by atoms with Crippen molar-refractivity contribution in [1.82, 2.24) is 14.2 Å². The Morgan fingerprint density at radius 3 is 2.44 bits per heavy atom. The van der Waals surface area contributed by atoms with Crippen molar-refractivity contribution in [2.24, 2.45) is 5.92 Å². The minimum absolute atomic E-state index is 0.00814. The average Bonchev–Trinajstić information content (AvgIpc) is 3.74. The van der Waals surface area contributed by atoms with Gasteiger partial charge in [0.15, 0.2) is 0 Å². The second-order valence-electron chi connectivity index (χ2n) is 10.7. The van der Waals surface area contributed by atoms with E-state index in [0.29, 0.717) is 19.6 Å². The fraction of sp³-hybridized carbons (Fsp3) is 0.846. The molecule has 0 aromatic carbocycles. The van der Waals surface area contributed by atoms with Gasteiger partial charge in [-0.05, 0) is 59.3 Å². The normalized spacial score (nSPS) is 32.6. The summed E-state index contributed by atoms with van der Waals surface area (Å²) in [6.07, 6.45) is 8.75. The van der Waals surface area contributed by atoms with Gasteiger partial charge in [0, 0.05) is 43.1 Å². The van der Waals surface area contributed by atoms with Gasteiger partial charge in [0.2, 0.25) is 5.91 Å². The zero-order valence-electron chi connectivity index (χ0n) is 22.2. The highest BCUT2D eigenvalue weighted by molar-refractivity contribution is 14.1. The Balaban J connectivity index is 1.40. The number of amides is 2. The van der Waals surface area contributed by atoms with E-state index in [0.717, 1.165) is 58.0 Å². The monoisotopic (exact) mass is 621 g/mol. The first-order chi connectivity index (χ1) is 17.3. The van der Waals surface area contributed by atoms with Crippen molar-refractivity contribution < 1.29 is 28.5 Å². The first-order valence-electron chi connectivity index (χ1n) is 13.3. The number of nitrogens with one attached hydrogen (secondary N) is 3. The fourth-order valence-corrected chi connectivity index (χ4v) is 5.98. The lowest BCUT2D eigenvalue weighted by Crippen LogP contribution is -2.56. The number of methoxy groups -OCH3 is 1. The van der Waals surface area contributed by atoms with Crippen molar-refractivity contribution in [2.45, 2.75) is 102 Å². The molecule has 9 nitrogen and oxygen atoms in total. The molecule has 36 heavy (non-hydrogen) atoms. The predicted molar refractivity (Wildman–Crippen MR) is 146 cm³/mol. The predicted octanol–water partition coefficient (Wildman–Crippen LogP) is 3.80. The Labute approximate surface area is 229 Å². The molecule has 1 saturated carbocycles. The summed E-state index contributed by atoms with van der Waals surface area (Å²) in [6.45, 7) is 8.68. The van der Waals surface area contributed by atoms with Crippen molar-refractivity contribution in [2.75, 3.05) is 33.4 Å². The summed E-state index contributed by atoms with van der Waals surface area (Å²) in [4.78, 5) is 23.9. The summed E-state index contributed by atoms with van der Waals surface area (Å²) in [5.41, 5.74) is 0.778. The van der Waals surface area contributed by atoms with Crippen LogP contribution in [-0.2, 0) is 23.7 Å². The Bertz CT molecular complexity index is 773. The summed E-state index contributed by atoms with van der Waals surface area (Å²) in [7, 11) is 1.69. The van der Waals surface area contributed by atoms with Crippen LogP contribution in [-0.4, -0.2) is 74.9 Å². The Morgan fingerprint density at radius 2 is 1.83 bits per heavy atom. The molecule has 3 fully saturated rings. The molecule has 2 heterocycles. The van der Waals surface area contributed by atoms with Crippen LogP contribution in [0, 0.1) is 5.92 Å². The Morgan fingerprint density at radius 1 is 1.14 bits per heavy atom. The third-order valence-corrected chi connectivity index (χ3v) is 8.04. The number of rotatable bonds is 15. The SMILES string of the molecule is COC1C(OC(=O)NCCCCCCNC(=O)CNI)CC[C@]2(CO2)C1[C@@]1(C)O[C@@H]1CCC=C(C)C. The van der Waals surface area contributed by atoms with E-state index in [1.54, 1.807) is 7.11 Å². The summed E-state index contributed by atoms with van der Waals surface area (Å²) in [6, 6.07) is 0. The minimum atomic E-state index is -0.394. The molecule has 0 aromatic rings. The van der Waals surface area contributed by atoms with Gasteiger partial charge in [-0.1, -0.05) is 24.5 Å². The van der Waals surface area contributed by atoms with E-state index in [1.807, 2.05) is 22.9 Å². The molecule has 2 aliphatic heterocycles. The number of ether oxygens (including phenoxy) is 4. The van der Waals surface area contributed by atoms with Crippen LogP contribution < -0.4 is 14.2 Å². The summed E-state index contributed by atoms with van der Waals surface area (Å²) < 4.78 is 26.9. The van der Waals surface area contributed by atoms with Gasteiger partial charge >= 0.3 is 6.09 Å². The molecule has 1 aliphatic carbocycles. The number of allylic oxidation sites excluding steroid dienone is 2. The molecule has 3 aliphatic rings. The number of unbranched alkanes of at least 4 members (excludes halogenated alkanes) is 3. The van der Waals surface area contributed by atoms with Crippen LogP contribution in [0.15, 0.2) is 11.6 Å².